The summed E-state index contributed by atoms with van der Waals surface area (Å²) in [6.45, 7) is 6.00. The molecule has 0 aromatic heterocycles. The van der Waals surface area contributed by atoms with E-state index in [1.54, 1.807) is 25.8 Å². The van der Waals surface area contributed by atoms with Crippen LogP contribution in [0.2, 0.25) is 0 Å². The van der Waals surface area contributed by atoms with Crippen molar-refractivity contribution in [1.29, 1.82) is 0 Å². The van der Waals surface area contributed by atoms with E-state index in [1.165, 1.54) is 12.8 Å². The second-order valence-corrected chi connectivity index (χ2v) is 5.81. The van der Waals surface area contributed by atoms with E-state index in [-0.39, 0.29) is 5.91 Å². The van der Waals surface area contributed by atoms with Gasteiger partial charge in [0.05, 0.1) is 5.60 Å². The van der Waals surface area contributed by atoms with Gasteiger partial charge in [-0.3, -0.25) is 4.79 Å². The fourth-order valence-electron chi connectivity index (χ4n) is 2.36. The molecule has 2 N–H and O–H groups in total. The number of aliphatic hydroxyl groups is 1. The topological polar surface area (TPSA) is 52.6 Å². The highest BCUT2D eigenvalue weighted by Crippen LogP contribution is 2.16. The van der Waals surface area contributed by atoms with Gasteiger partial charge in [0, 0.05) is 20.0 Å². The number of carbonyl (C=O) groups is 1. The van der Waals surface area contributed by atoms with Gasteiger partial charge in [-0.1, -0.05) is 0 Å². The highest BCUT2D eigenvalue weighted by Gasteiger charge is 2.20. The van der Waals surface area contributed by atoms with Crippen LogP contribution in [0.25, 0.3) is 0 Å². The third kappa shape index (κ3) is 6.03. The van der Waals surface area contributed by atoms with Crippen molar-refractivity contribution in [2.75, 3.05) is 26.7 Å². The summed E-state index contributed by atoms with van der Waals surface area (Å²) in [7, 11) is 1.76. The Morgan fingerprint density at radius 1 is 1.53 bits per heavy atom. The van der Waals surface area contributed by atoms with Gasteiger partial charge in [-0.15, -0.1) is 0 Å². The number of hydrogen-bond acceptors (Lipinski definition) is 3. The number of piperidine rings is 1. The maximum Gasteiger partial charge on any atom is 0.222 e. The van der Waals surface area contributed by atoms with E-state index in [0.29, 0.717) is 18.9 Å². The maximum absolute atomic E-state index is 11.9. The van der Waals surface area contributed by atoms with E-state index < -0.39 is 5.60 Å². The van der Waals surface area contributed by atoms with Crippen molar-refractivity contribution in [2.24, 2.45) is 5.92 Å². The standard InChI is InChI=1S/C13H26N2O2/c1-13(2,17)10-15(3)12(16)7-6-11-5-4-8-14-9-11/h11,14,17H,4-10H2,1-3H3. The molecule has 1 amide bonds. The van der Waals surface area contributed by atoms with Gasteiger partial charge in [-0.05, 0) is 52.1 Å². The highest BCUT2D eigenvalue weighted by molar-refractivity contribution is 5.75. The van der Waals surface area contributed by atoms with Gasteiger partial charge in [0.25, 0.3) is 0 Å². The summed E-state index contributed by atoms with van der Waals surface area (Å²) in [5, 5.41) is 13.0. The molecule has 0 saturated carbocycles. The molecule has 4 heteroatoms. The van der Waals surface area contributed by atoms with Crippen LogP contribution in [0, 0.1) is 5.92 Å². The van der Waals surface area contributed by atoms with E-state index in [1.807, 2.05) is 0 Å². The molecule has 1 unspecified atom stereocenters. The first-order valence-electron chi connectivity index (χ1n) is 6.55. The van der Waals surface area contributed by atoms with E-state index in [4.69, 9.17) is 0 Å². The molecule has 0 aromatic carbocycles. The molecule has 0 spiro atoms. The molecule has 1 aliphatic heterocycles. The van der Waals surface area contributed by atoms with Crippen LogP contribution >= 0.6 is 0 Å². The minimum absolute atomic E-state index is 0.137. The van der Waals surface area contributed by atoms with Crippen LogP contribution in [-0.2, 0) is 4.79 Å². The minimum Gasteiger partial charge on any atom is -0.389 e. The molecule has 100 valence electrons. The largest absolute Gasteiger partial charge is 0.389 e. The Balaban J connectivity index is 2.23. The Hall–Kier alpha value is -0.610. The Morgan fingerprint density at radius 2 is 2.24 bits per heavy atom. The summed E-state index contributed by atoms with van der Waals surface area (Å²) in [5.41, 5.74) is -0.809. The first-order chi connectivity index (χ1) is 7.88. The molecule has 1 aliphatic rings. The fourth-order valence-corrected chi connectivity index (χ4v) is 2.36. The van der Waals surface area contributed by atoms with Crippen LogP contribution in [0.3, 0.4) is 0 Å². The molecule has 4 nitrogen and oxygen atoms in total. The number of nitrogens with zero attached hydrogens (tertiary/aromatic N) is 1. The van der Waals surface area contributed by atoms with E-state index in [2.05, 4.69) is 5.32 Å². The average molecular weight is 242 g/mol. The zero-order chi connectivity index (χ0) is 12.9. The molecule has 0 aliphatic carbocycles. The Kier molecular flexibility index (Phi) is 5.40. The van der Waals surface area contributed by atoms with Crippen LogP contribution in [0.5, 0.6) is 0 Å². The summed E-state index contributed by atoms with van der Waals surface area (Å²) in [6.07, 6.45) is 4.01. The van der Waals surface area contributed by atoms with Gasteiger partial charge >= 0.3 is 0 Å². The van der Waals surface area contributed by atoms with Crippen LogP contribution in [-0.4, -0.2) is 48.2 Å². The van der Waals surface area contributed by atoms with Gasteiger partial charge in [0.15, 0.2) is 0 Å². The van der Waals surface area contributed by atoms with Crippen molar-refractivity contribution in [3.05, 3.63) is 0 Å². The lowest BCUT2D eigenvalue weighted by Gasteiger charge is -2.27. The van der Waals surface area contributed by atoms with Crippen LogP contribution < -0.4 is 5.32 Å². The Morgan fingerprint density at radius 3 is 2.76 bits per heavy atom. The lowest BCUT2D eigenvalue weighted by Crippen LogP contribution is -2.40. The van der Waals surface area contributed by atoms with Crippen LogP contribution in [0.4, 0.5) is 0 Å². The molecule has 0 bridgehead atoms. The van der Waals surface area contributed by atoms with Crippen molar-refractivity contribution >= 4 is 5.91 Å². The number of likely N-dealkylation sites (N-methyl/N-ethyl adjacent to an activating group) is 1. The summed E-state index contributed by atoms with van der Waals surface area (Å²) in [4.78, 5) is 13.5. The van der Waals surface area contributed by atoms with Crippen molar-refractivity contribution in [3.63, 3.8) is 0 Å². The van der Waals surface area contributed by atoms with E-state index in [9.17, 15) is 9.90 Å². The molecular formula is C13H26N2O2. The third-order valence-corrected chi connectivity index (χ3v) is 3.22. The number of amides is 1. The van der Waals surface area contributed by atoms with Crippen LogP contribution in [0.15, 0.2) is 0 Å². The zero-order valence-electron chi connectivity index (χ0n) is 11.3. The normalized spacial score (nSPS) is 21.3. The zero-order valence-corrected chi connectivity index (χ0v) is 11.3. The molecule has 0 radical (unpaired) electrons. The number of rotatable bonds is 5. The van der Waals surface area contributed by atoms with Crippen molar-refractivity contribution < 1.29 is 9.90 Å². The number of hydrogen-bond donors (Lipinski definition) is 2. The molecule has 1 heterocycles. The Labute approximate surface area is 104 Å². The second kappa shape index (κ2) is 6.36. The summed E-state index contributed by atoms with van der Waals surface area (Å²) < 4.78 is 0. The van der Waals surface area contributed by atoms with Gasteiger partial charge in [-0.2, -0.15) is 0 Å². The quantitative estimate of drug-likeness (QED) is 0.756. The average Bonchev–Trinajstić information content (AvgIpc) is 2.25. The Bertz CT molecular complexity index is 242. The molecule has 0 aromatic rings. The smallest absolute Gasteiger partial charge is 0.222 e. The van der Waals surface area contributed by atoms with Crippen molar-refractivity contribution in [1.82, 2.24) is 10.2 Å². The summed E-state index contributed by atoms with van der Waals surface area (Å²) >= 11 is 0. The minimum atomic E-state index is -0.809. The van der Waals surface area contributed by atoms with E-state index >= 15 is 0 Å². The lowest BCUT2D eigenvalue weighted by atomic mass is 9.94. The first kappa shape index (κ1) is 14.5. The second-order valence-electron chi connectivity index (χ2n) is 5.81. The van der Waals surface area contributed by atoms with Gasteiger partial charge in [0.2, 0.25) is 5.91 Å². The predicted molar refractivity (Wildman–Crippen MR) is 68.8 cm³/mol. The SMILES string of the molecule is CN(CC(C)(C)O)C(=O)CCC1CCCNC1. The fraction of sp³-hybridized carbons (Fsp3) is 0.923. The molecule has 1 fully saturated rings. The van der Waals surface area contributed by atoms with Gasteiger partial charge < -0.3 is 15.3 Å². The predicted octanol–water partition coefficient (Wildman–Crippen LogP) is 0.995. The first-order valence-corrected chi connectivity index (χ1v) is 6.55. The third-order valence-electron chi connectivity index (χ3n) is 3.22. The number of carbonyl (C=O) groups excluding carboxylic acids is 1. The highest BCUT2D eigenvalue weighted by atomic mass is 16.3. The van der Waals surface area contributed by atoms with Crippen molar-refractivity contribution in [2.45, 2.75) is 45.1 Å². The molecular weight excluding hydrogens is 216 g/mol. The van der Waals surface area contributed by atoms with E-state index in [0.717, 1.165) is 19.5 Å². The summed E-state index contributed by atoms with van der Waals surface area (Å²) in [6, 6.07) is 0. The number of nitrogens with one attached hydrogen (secondary N) is 1. The van der Waals surface area contributed by atoms with Crippen LogP contribution in [0.1, 0.15) is 39.5 Å². The monoisotopic (exact) mass is 242 g/mol. The van der Waals surface area contributed by atoms with Gasteiger partial charge in [-0.25, -0.2) is 0 Å². The molecule has 1 rings (SSSR count). The maximum atomic E-state index is 11.9. The lowest BCUT2D eigenvalue weighted by molar-refractivity contribution is -0.132. The van der Waals surface area contributed by atoms with Gasteiger partial charge in [0.1, 0.15) is 0 Å². The van der Waals surface area contributed by atoms with Crippen molar-refractivity contribution in [3.8, 4) is 0 Å². The summed E-state index contributed by atoms with van der Waals surface area (Å²) in [5.74, 6) is 0.779. The molecule has 1 atom stereocenters. The molecule has 17 heavy (non-hydrogen) atoms. The molecule has 1 saturated heterocycles.